The van der Waals surface area contributed by atoms with E-state index in [-0.39, 0.29) is 5.71 Å². The molecule has 0 spiro atoms. The number of hydrogen-bond acceptors (Lipinski definition) is 4. The van der Waals surface area contributed by atoms with E-state index >= 15 is 0 Å². The lowest BCUT2D eigenvalue weighted by Crippen LogP contribution is -2.45. The first-order valence-electron chi connectivity index (χ1n) is 6.17. The highest BCUT2D eigenvalue weighted by atomic mass is 35.5. The number of alkyl halides is 3. The third-order valence-electron chi connectivity index (χ3n) is 3.01. The standard InChI is InChI=1S/C12H11ClF3N3O3S/c1-23(21,22)9-6-19(11(20)17-12(14,15)16)18-10(9)7-2-4-8(13)5-3-7/h2-5,9H,6H2,1H3,(H,17,20). The summed E-state index contributed by atoms with van der Waals surface area (Å²) in [6.45, 7) is -0.501. The normalized spacial score (nSPS) is 18.7. The number of hydrogen-bond donors (Lipinski definition) is 1. The Balaban J connectivity index is 2.36. The lowest BCUT2D eigenvalue weighted by Gasteiger charge is -2.15. The molecule has 0 saturated heterocycles. The zero-order valence-electron chi connectivity index (χ0n) is 11.6. The molecule has 2 amide bonds. The van der Waals surface area contributed by atoms with Gasteiger partial charge in [-0.25, -0.2) is 23.5 Å². The van der Waals surface area contributed by atoms with Crippen LogP contribution in [0.15, 0.2) is 29.4 Å². The second-order valence-electron chi connectivity index (χ2n) is 4.82. The van der Waals surface area contributed by atoms with E-state index in [1.54, 1.807) is 0 Å². The number of nitrogens with zero attached hydrogens (tertiary/aromatic N) is 2. The van der Waals surface area contributed by atoms with E-state index in [9.17, 15) is 26.4 Å². The van der Waals surface area contributed by atoms with Crippen molar-refractivity contribution in [3.05, 3.63) is 34.9 Å². The van der Waals surface area contributed by atoms with E-state index in [0.717, 1.165) is 11.6 Å². The number of sulfone groups is 1. The molecular formula is C12H11ClF3N3O3S. The molecule has 0 radical (unpaired) electrons. The van der Waals surface area contributed by atoms with Crippen LogP contribution >= 0.6 is 11.6 Å². The molecule has 0 aromatic heterocycles. The van der Waals surface area contributed by atoms with Gasteiger partial charge in [0.15, 0.2) is 9.84 Å². The maximum absolute atomic E-state index is 12.2. The number of nitrogens with one attached hydrogen (secondary N) is 1. The summed E-state index contributed by atoms with van der Waals surface area (Å²) in [5.41, 5.74) is 0.341. The summed E-state index contributed by atoms with van der Waals surface area (Å²) in [6, 6.07) is 4.37. The van der Waals surface area contributed by atoms with Gasteiger partial charge in [-0.15, -0.1) is 0 Å². The number of benzene rings is 1. The highest BCUT2D eigenvalue weighted by Crippen LogP contribution is 2.22. The Morgan fingerprint density at radius 2 is 1.91 bits per heavy atom. The van der Waals surface area contributed by atoms with Crippen molar-refractivity contribution >= 4 is 33.2 Å². The Kier molecular flexibility index (Phi) is 4.58. The van der Waals surface area contributed by atoms with Gasteiger partial charge in [0, 0.05) is 11.3 Å². The summed E-state index contributed by atoms with van der Waals surface area (Å²) < 4.78 is 60.3. The minimum atomic E-state index is -4.93. The van der Waals surface area contributed by atoms with Gasteiger partial charge in [-0.3, -0.25) is 0 Å². The second kappa shape index (κ2) is 6.00. The number of hydrazone groups is 1. The fourth-order valence-corrected chi connectivity index (χ4v) is 3.12. The van der Waals surface area contributed by atoms with Crippen molar-refractivity contribution in [1.29, 1.82) is 0 Å². The van der Waals surface area contributed by atoms with Crippen molar-refractivity contribution in [2.75, 3.05) is 12.8 Å². The summed E-state index contributed by atoms with van der Waals surface area (Å²) in [5, 5.41) is 4.14. The summed E-state index contributed by atoms with van der Waals surface area (Å²) >= 11 is 5.74. The van der Waals surface area contributed by atoms with Crippen LogP contribution in [-0.4, -0.2) is 49.5 Å². The van der Waals surface area contributed by atoms with Crippen LogP contribution in [0.4, 0.5) is 18.0 Å². The zero-order chi connectivity index (χ0) is 17.4. The topological polar surface area (TPSA) is 78.8 Å². The second-order valence-corrected chi connectivity index (χ2v) is 7.48. The highest BCUT2D eigenvalue weighted by molar-refractivity contribution is 7.92. The van der Waals surface area contributed by atoms with E-state index in [2.05, 4.69) is 5.10 Å². The maximum Gasteiger partial charge on any atom is 0.486 e. The van der Waals surface area contributed by atoms with Gasteiger partial charge in [0.2, 0.25) is 0 Å². The van der Waals surface area contributed by atoms with Crippen LogP contribution in [0.3, 0.4) is 0 Å². The molecule has 0 aliphatic carbocycles. The SMILES string of the molecule is CS(=O)(=O)C1CN(C(=O)NC(F)(F)F)N=C1c1ccc(Cl)cc1. The molecule has 1 aliphatic heterocycles. The summed E-state index contributed by atoms with van der Waals surface area (Å²) in [7, 11) is -3.69. The first-order valence-corrected chi connectivity index (χ1v) is 8.50. The quantitative estimate of drug-likeness (QED) is 0.810. The number of carbonyl (C=O) groups excluding carboxylic acids is 1. The lowest BCUT2D eigenvalue weighted by molar-refractivity contribution is -0.147. The van der Waals surface area contributed by atoms with Crippen molar-refractivity contribution in [2.45, 2.75) is 11.6 Å². The average molecular weight is 370 g/mol. The Hall–Kier alpha value is -1.81. The van der Waals surface area contributed by atoms with Crippen molar-refractivity contribution in [1.82, 2.24) is 10.3 Å². The molecule has 6 nitrogen and oxygen atoms in total. The van der Waals surface area contributed by atoms with Gasteiger partial charge in [-0.1, -0.05) is 23.7 Å². The van der Waals surface area contributed by atoms with E-state index < -0.39 is 34.0 Å². The summed E-state index contributed by atoms with van der Waals surface area (Å²) in [4.78, 5) is 11.5. The Morgan fingerprint density at radius 3 is 2.39 bits per heavy atom. The third-order valence-corrected chi connectivity index (χ3v) is 4.67. The summed E-state index contributed by atoms with van der Waals surface area (Å²) in [6.07, 6.45) is -4.01. The van der Waals surface area contributed by atoms with Crippen LogP contribution in [0, 0.1) is 0 Å². The fraction of sp³-hybridized carbons (Fsp3) is 0.333. The number of urea groups is 1. The molecule has 1 atom stereocenters. The molecule has 1 aromatic carbocycles. The number of rotatable bonds is 2. The molecule has 1 unspecified atom stereocenters. The molecule has 23 heavy (non-hydrogen) atoms. The molecule has 1 heterocycles. The van der Waals surface area contributed by atoms with Crippen LogP contribution in [-0.2, 0) is 9.84 Å². The molecule has 11 heteroatoms. The summed E-state index contributed by atoms with van der Waals surface area (Å²) in [5.74, 6) is 0. The molecule has 126 valence electrons. The van der Waals surface area contributed by atoms with Gasteiger partial charge in [-0.2, -0.15) is 18.3 Å². The van der Waals surface area contributed by atoms with Crippen LogP contribution in [0.2, 0.25) is 5.02 Å². The molecule has 0 fully saturated rings. The first-order chi connectivity index (χ1) is 10.5. The largest absolute Gasteiger partial charge is 0.486 e. The number of carbonyl (C=O) groups is 1. The van der Waals surface area contributed by atoms with Crippen LogP contribution < -0.4 is 5.32 Å². The average Bonchev–Trinajstić information content (AvgIpc) is 2.82. The van der Waals surface area contributed by atoms with Crippen molar-refractivity contribution in [2.24, 2.45) is 5.10 Å². The smallest absolute Gasteiger partial charge is 0.247 e. The maximum atomic E-state index is 12.2. The third kappa shape index (κ3) is 4.35. The number of amides is 2. The lowest BCUT2D eigenvalue weighted by atomic mass is 10.1. The molecule has 0 bridgehead atoms. The van der Waals surface area contributed by atoms with E-state index in [4.69, 9.17) is 11.6 Å². The molecule has 2 rings (SSSR count). The monoisotopic (exact) mass is 369 g/mol. The zero-order valence-corrected chi connectivity index (χ0v) is 13.2. The Labute approximate surface area is 134 Å². The van der Waals surface area contributed by atoms with Gasteiger partial charge in [0.25, 0.3) is 0 Å². The molecule has 1 aromatic rings. The van der Waals surface area contributed by atoms with E-state index in [1.807, 2.05) is 0 Å². The Morgan fingerprint density at radius 1 is 1.35 bits per heavy atom. The predicted octanol–water partition coefficient (Wildman–Crippen LogP) is 2.00. The predicted molar refractivity (Wildman–Crippen MR) is 77.9 cm³/mol. The van der Waals surface area contributed by atoms with Gasteiger partial charge >= 0.3 is 12.3 Å². The molecule has 1 N–H and O–H groups in total. The van der Waals surface area contributed by atoms with Crippen LogP contribution in [0.1, 0.15) is 5.56 Å². The fourth-order valence-electron chi connectivity index (χ4n) is 2.00. The highest BCUT2D eigenvalue weighted by Gasteiger charge is 2.40. The van der Waals surface area contributed by atoms with E-state index in [0.29, 0.717) is 15.6 Å². The van der Waals surface area contributed by atoms with Crippen molar-refractivity contribution in [3.63, 3.8) is 0 Å². The van der Waals surface area contributed by atoms with Gasteiger partial charge in [0.1, 0.15) is 5.25 Å². The van der Waals surface area contributed by atoms with Crippen LogP contribution in [0.25, 0.3) is 0 Å². The molecule has 0 saturated carbocycles. The van der Waals surface area contributed by atoms with Crippen molar-refractivity contribution in [3.8, 4) is 0 Å². The molecule has 1 aliphatic rings. The minimum absolute atomic E-state index is 0.0125. The van der Waals surface area contributed by atoms with E-state index in [1.165, 1.54) is 24.3 Å². The van der Waals surface area contributed by atoms with Crippen LogP contribution in [0.5, 0.6) is 0 Å². The first kappa shape index (κ1) is 17.5. The van der Waals surface area contributed by atoms with Gasteiger partial charge in [0.05, 0.1) is 12.3 Å². The number of halogens is 4. The molecular weight excluding hydrogens is 359 g/mol. The van der Waals surface area contributed by atoms with Gasteiger partial charge in [-0.05, 0) is 17.7 Å². The minimum Gasteiger partial charge on any atom is -0.247 e. The van der Waals surface area contributed by atoms with Gasteiger partial charge < -0.3 is 0 Å². The van der Waals surface area contributed by atoms with Crippen molar-refractivity contribution < 1.29 is 26.4 Å². The Bertz CT molecular complexity index is 747.